The number of H-pyrrole nitrogens is 3. The Morgan fingerprint density at radius 3 is 1.49 bits per heavy atom. The lowest BCUT2D eigenvalue weighted by atomic mass is 10.1. The van der Waals surface area contributed by atoms with Crippen molar-refractivity contribution in [3.63, 3.8) is 0 Å². The Kier molecular flexibility index (Phi) is 13.2. The van der Waals surface area contributed by atoms with Crippen molar-refractivity contribution in [1.29, 1.82) is 10.5 Å². The molecule has 24 heteroatoms. The van der Waals surface area contributed by atoms with E-state index in [-0.39, 0.29) is 32.5 Å². The molecule has 0 aliphatic carbocycles. The number of nitrogens with one attached hydrogen (secondary N) is 3. The van der Waals surface area contributed by atoms with Crippen LogP contribution in [0.4, 0.5) is 43.9 Å². The normalized spacial score (nSPS) is 10.7. The van der Waals surface area contributed by atoms with Crippen LogP contribution in [0.5, 0.6) is 0 Å². The van der Waals surface area contributed by atoms with Crippen molar-refractivity contribution in [3.8, 4) is 29.2 Å². The molecule has 0 spiro atoms. The van der Waals surface area contributed by atoms with Crippen LogP contribution in [0.15, 0.2) is 92.5 Å². The zero-order valence-corrected chi connectivity index (χ0v) is 27.0. The maximum atomic E-state index is 14.3. The van der Waals surface area contributed by atoms with Gasteiger partial charge in [0.15, 0.2) is 0 Å². The molecule has 0 fully saturated rings. The van der Waals surface area contributed by atoms with E-state index in [1.54, 1.807) is 18.5 Å². The molecule has 4 heterocycles. The first kappa shape index (κ1) is 41.9. The Bertz CT molecular complexity index is 2510. The first-order valence-corrected chi connectivity index (χ1v) is 14.2. The van der Waals surface area contributed by atoms with Crippen LogP contribution in [0.1, 0.15) is 22.5 Å². The highest BCUT2D eigenvalue weighted by atomic mass is 19.4. The topological polar surface area (TPSA) is 204 Å². The van der Waals surface area contributed by atoms with Gasteiger partial charge in [-0.2, -0.15) is 47.1 Å². The van der Waals surface area contributed by atoms with Crippen LogP contribution in [-0.2, 0) is 12.4 Å². The number of aromatic amines is 3. The van der Waals surface area contributed by atoms with Gasteiger partial charge in [0, 0.05) is 43.0 Å². The largest absolute Gasteiger partial charge is 0.431 e. The second-order valence-electron chi connectivity index (χ2n) is 9.86. The van der Waals surface area contributed by atoms with Gasteiger partial charge in [-0.05, 0) is 30.3 Å². The fourth-order valence-corrected chi connectivity index (χ4v) is 4.17. The molecule has 0 unspecified atom stereocenters. The van der Waals surface area contributed by atoms with Gasteiger partial charge in [0.1, 0.15) is 41.0 Å². The maximum absolute atomic E-state index is 14.3. The van der Waals surface area contributed by atoms with Gasteiger partial charge in [0.25, 0.3) is 11.1 Å². The van der Waals surface area contributed by atoms with Gasteiger partial charge in [0.05, 0.1) is 35.4 Å². The molecule has 2 aromatic carbocycles. The summed E-state index contributed by atoms with van der Waals surface area (Å²) in [7, 11) is 0.500. The van der Waals surface area contributed by atoms with Crippen LogP contribution in [0.25, 0.3) is 17.1 Å². The van der Waals surface area contributed by atoms with E-state index in [4.69, 9.17) is 10.5 Å². The van der Waals surface area contributed by atoms with E-state index >= 15 is 0 Å². The molecule has 0 saturated heterocycles. The smallest absolute Gasteiger partial charge is 0.303 e. The van der Waals surface area contributed by atoms with Crippen molar-refractivity contribution >= 4 is 0 Å². The molecule has 0 amide bonds. The highest BCUT2D eigenvalue weighted by molar-refractivity contribution is 5.55. The second kappa shape index (κ2) is 17.3. The number of nitriles is 2. The molecule has 0 bridgehead atoms. The molecular formula is C31H18F10N10O4. The van der Waals surface area contributed by atoms with E-state index in [0.29, 0.717) is 19.3 Å². The molecule has 3 N–H and O–H groups in total. The number of alkyl halides is 7. The lowest BCUT2D eigenvalue weighted by Crippen LogP contribution is -2.36. The molecule has 55 heavy (non-hydrogen) atoms. The minimum Gasteiger partial charge on any atom is -0.303 e. The van der Waals surface area contributed by atoms with Crippen molar-refractivity contribution in [2.24, 2.45) is 0 Å². The molecule has 6 aromatic rings. The molecule has 286 valence electrons. The van der Waals surface area contributed by atoms with Gasteiger partial charge in [-0.1, -0.05) is 0 Å². The Morgan fingerprint density at radius 1 is 0.636 bits per heavy atom. The first-order valence-electron chi connectivity index (χ1n) is 14.2. The van der Waals surface area contributed by atoms with Crippen molar-refractivity contribution in [2.75, 3.05) is 7.18 Å². The minimum atomic E-state index is -4.98. The third-order valence-corrected chi connectivity index (χ3v) is 6.46. The summed E-state index contributed by atoms with van der Waals surface area (Å²) in [5, 5.41) is 27.7. The van der Waals surface area contributed by atoms with Crippen LogP contribution in [0.3, 0.4) is 0 Å². The van der Waals surface area contributed by atoms with E-state index in [2.05, 4.69) is 15.3 Å². The predicted octanol–water partition coefficient (Wildman–Crippen LogP) is 4.43. The molecule has 0 saturated carbocycles. The maximum Gasteiger partial charge on any atom is 0.431 e. The number of rotatable bonds is 3. The van der Waals surface area contributed by atoms with E-state index < -0.39 is 80.6 Å². The predicted molar refractivity (Wildman–Crippen MR) is 167 cm³/mol. The van der Waals surface area contributed by atoms with E-state index in [1.165, 1.54) is 39.2 Å². The van der Waals surface area contributed by atoms with E-state index in [1.807, 2.05) is 6.07 Å². The van der Waals surface area contributed by atoms with Gasteiger partial charge >= 0.3 is 23.7 Å². The summed E-state index contributed by atoms with van der Waals surface area (Å²) < 4.78 is 128. The summed E-state index contributed by atoms with van der Waals surface area (Å²) in [6.45, 7) is 0. The van der Waals surface area contributed by atoms with Crippen LogP contribution >= 0.6 is 0 Å². The summed E-state index contributed by atoms with van der Waals surface area (Å²) in [6.07, 6.45) is -3.66. The molecular weight excluding hydrogens is 766 g/mol. The molecule has 0 aliphatic heterocycles. The third-order valence-electron chi connectivity index (χ3n) is 6.46. The SMILES string of the molecule is CF.N#Cc1cc(F)c(-n2c(=O)cc(C(F)(F)F)[nH]c2=O)cc1-n1cccn1.N#Cc1cc(F)c(-n2c(=O)cc(C(F)(F)F)[nH]c2=O)cc1F.c1cn[nH]c1. The average molecular weight is 785 g/mol. The lowest BCUT2D eigenvalue weighted by Gasteiger charge is -2.12. The fourth-order valence-electron chi connectivity index (χ4n) is 4.17. The molecule has 0 aliphatic rings. The van der Waals surface area contributed by atoms with Gasteiger partial charge in [-0.25, -0.2) is 36.6 Å². The first-order chi connectivity index (χ1) is 25.9. The van der Waals surface area contributed by atoms with Crippen molar-refractivity contribution < 1.29 is 43.9 Å². The van der Waals surface area contributed by atoms with Gasteiger partial charge in [-0.15, -0.1) is 0 Å². The summed E-state index contributed by atoms with van der Waals surface area (Å²) in [4.78, 5) is 50.0. The molecule has 6 rings (SSSR count). The van der Waals surface area contributed by atoms with E-state index in [0.717, 1.165) is 12.1 Å². The Balaban J connectivity index is 0.000000254. The lowest BCUT2D eigenvalue weighted by molar-refractivity contribution is -0.142. The number of hydrogen-bond acceptors (Lipinski definition) is 8. The highest BCUT2D eigenvalue weighted by Crippen LogP contribution is 2.27. The zero-order chi connectivity index (χ0) is 41.2. The average Bonchev–Trinajstić information content (AvgIpc) is 3.88. The Labute approximate surface area is 297 Å². The van der Waals surface area contributed by atoms with Gasteiger partial charge < -0.3 is 9.97 Å². The standard InChI is InChI=1S/C15H7F4N5O2.C12H4F5N3O2.C3H4N2.CH3F/c16-9-4-8(7-20)10(23-3-1-2-21-23)5-11(9)24-13(25)6-12(15(17,18)19)22-14(24)26;13-6-2-8(7(14)1-5(6)4-18)20-10(21)3-9(12(15,16)17)19-11(20)22;1-2-4-5-3-1;1-2/h1-6H,(H,22,26);1-3H,(H,19,22);1-3H,(H,4,5);1H3. The summed E-state index contributed by atoms with van der Waals surface area (Å²) in [5.74, 6) is -3.68. The van der Waals surface area contributed by atoms with E-state index in [9.17, 15) is 63.1 Å². The molecule has 14 nitrogen and oxygen atoms in total. The molecule has 0 radical (unpaired) electrons. The molecule has 0 atom stereocenters. The highest BCUT2D eigenvalue weighted by Gasteiger charge is 2.34. The number of nitrogens with zero attached hydrogens (tertiary/aromatic N) is 7. The van der Waals surface area contributed by atoms with Crippen molar-refractivity contribution in [2.45, 2.75) is 12.4 Å². The number of halogens is 10. The third kappa shape index (κ3) is 9.89. The summed E-state index contributed by atoms with van der Waals surface area (Å²) in [6, 6.07) is 9.14. The van der Waals surface area contributed by atoms with Crippen LogP contribution in [-0.4, -0.2) is 46.3 Å². The second-order valence-corrected chi connectivity index (χ2v) is 9.86. The fraction of sp³-hybridized carbons (Fsp3) is 0.0968. The molecule has 4 aromatic heterocycles. The quantitative estimate of drug-likeness (QED) is 0.219. The number of benzene rings is 2. The van der Waals surface area contributed by atoms with Crippen LogP contribution in [0.2, 0.25) is 0 Å². The number of hydrogen-bond donors (Lipinski definition) is 3. The Morgan fingerprint density at radius 2 is 1.13 bits per heavy atom. The minimum absolute atomic E-state index is 0.00515. The van der Waals surface area contributed by atoms with Gasteiger partial charge in [0.2, 0.25) is 0 Å². The van der Waals surface area contributed by atoms with Crippen LogP contribution < -0.4 is 22.5 Å². The summed E-state index contributed by atoms with van der Waals surface area (Å²) >= 11 is 0. The van der Waals surface area contributed by atoms with Crippen molar-refractivity contribution in [1.82, 2.24) is 39.1 Å². The monoisotopic (exact) mass is 784 g/mol. The zero-order valence-electron chi connectivity index (χ0n) is 27.0. The number of aromatic nitrogens is 8. The van der Waals surface area contributed by atoms with Crippen LogP contribution in [0, 0.1) is 40.1 Å². The Hall–Kier alpha value is -7.50. The van der Waals surface area contributed by atoms with Gasteiger partial charge in [-0.3, -0.25) is 19.1 Å². The van der Waals surface area contributed by atoms with Crippen molar-refractivity contribution in [3.05, 3.63) is 155 Å². The summed E-state index contributed by atoms with van der Waals surface area (Å²) in [5.41, 5.74) is -11.4.